The number of likely N-dealkylation sites (tertiary alicyclic amines) is 1. The van der Waals surface area contributed by atoms with Crippen LogP contribution in [0, 0.1) is 0 Å². The maximum atomic E-state index is 12.0. The van der Waals surface area contributed by atoms with E-state index in [2.05, 4.69) is 24.3 Å². The van der Waals surface area contributed by atoms with E-state index >= 15 is 0 Å². The first-order valence-electron chi connectivity index (χ1n) is 8.35. The van der Waals surface area contributed by atoms with Gasteiger partial charge in [0, 0.05) is 19.5 Å². The number of carbonyl (C=O) groups excluding carboxylic acids is 1. The largest absolute Gasteiger partial charge is 0.489 e. The minimum Gasteiger partial charge on any atom is -0.489 e. The molecule has 0 radical (unpaired) electrons. The van der Waals surface area contributed by atoms with Gasteiger partial charge in [-0.3, -0.25) is 4.79 Å². The van der Waals surface area contributed by atoms with Crippen LogP contribution in [0.1, 0.15) is 36.8 Å². The molecule has 0 aliphatic carbocycles. The Balaban J connectivity index is 1.55. The summed E-state index contributed by atoms with van der Waals surface area (Å²) in [4.78, 5) is 14.0. The Labute approximate surface area is 137 Å². The molecular weight excluding hydrogens is 286 g/mol. The second kappa shape index (κ2) is 7.82. The van der Waals surface area contributed by atoms with Crippen molar-refractivity contribution in [2.45, 2.75) is 38.8 Å². The Morgan fingerprint density at radius 1 is 0.870 bits per heavy atom. The lowest BCUT2D eigenvalue weighted by molar-refractivity contribution is -0.131. The number of amides is 1. The lowest BCUT2D eigenvalue weighted by Crippen LogP contribution is -2.29. The van der Waals surface area contributed by atoms with E-state index in [1.165, 1.54) is 0 Å². The maximum absolute atomic E-state index is 12.0. The highest BCUT2D eigenvalue weighted by Gasteiger charge is 2.16. The second-order valence-corrected chi connectivity index (χ2v) is 6.04. The monoisotopic (exact) mass is 309 g/mol. The number of hydrogen-bond donors (Lipinski definition) is 0. The Morgan fingerprint density at radius 3 is 2.43 bits per heavy atom. The fourth-order valence-corrected chi connectivity index (χ4v) is 2.86. The molecule has 3 heteroatoms. The molecule has 0 spiro atoms. The average molecular weight is 309 g/mol. The zero-order chi connectivity index (χ0) is 15.9. The molecule has 2 aromatic carbocycles. The van der Waals surface area contributed by atoms with Gasteiger partial charge in [-0.25, -0.2) is 0 Å². The summed E-state index contributed by atoms with van der Waals surface area (Å²) in [7, 11) is 0. The van der Waals surface area contributed by atoms with Gasteiger partial charge in [0.1, 0.15) is 12.4 Å². The molecular formula is C20H23NO2. The summed E-state index contributed by atoms with van der Waals surface area (Å²) in [5.74, 6) is 1.15. The molecule has 1 aliphatic rings. The zero-order valence-corrected chi connectivity index (χ0v) is 13.4. The highest BCUT2D eigenvalue weighted by atomic mass is 16.5. The van der Waals surface area contributed by atoms with Crippen LogP contribution in [0.25, 0.3) is 0 Å². The fraction of sp³-hybridized carbons (Fsp3) is 0.350. The summed E-state index contributed by atoms with van der Waals surface area (Å²) in [5.41, 5.74) is 2.32. The van der Waals surface area contributed by atoms with Crippen molar-refractivity contribution in [3.63, 3.8) is 0 Å². The topological polar surface area (TPSA) is 29.5 Å². The van der Waals surface area contributed by atoms with Crippen LogP contribution in [-0.4, -0.2) is 17.4 Å². The molecule has 0 saturated carbocycles. The van der Waals surface area contributed by atoms with Crippen molar-refractivity contribution >= 4 is 5.91 Å². The van der Waals surface area contributed by atoms with Gasteiger partial charge in [-0.1, -0.05) is 48.9 Å². The van der Waals surface area contributed by atoms with E-state index in [-0.39, 0.29) is 5.91 Å². The fourth-order valence-electron chi connectivity index (χ4n) is 2.86. The van der Waals surface area contributed by atoms with E-state index in [4.69, 9.17) is 4.74 Å². The van der Waals surface area contributed by atoms with Crippen molar-refractivity contribution in [1.82, 2.24) is 4.90 Å². The first kappa shape index (κ1) is 15.6. The van der Waals surface area contributed by atoms with Crippen LogP contribution in [0.2, 0.25) is 0 Å². The smallest absolute Gasteiger partial charge is 0.222 e. The number of carbonyl (C=O) groups is 1. The summed E-state index contributed by atoms with van der Waals surface area (Å²) in [6.07, 6.45) is 4.00. The summed E-state index contributed by atoms with van der Waals surface area (Å²) in [6.45, 7) is 2.16. The van der Waals surface area contributed by atoms with Gasteiger partial charge in [0.25, 0.3) is 0 Å². The van der Waals surface area contributed by atoms with Crippen LogP contribution >= 0.6 is 0 Å². The molecule has 0 atom stereocenters. The van der Waals surface area contributed by atoms with Crippen LogP contribution in [0.4, 0.5) is 0 Å². The quantitative estimate of drug-likeness (QED) is 0.829. The molecule has 0 bridgehead atoms. The van der Waals surface area contributed by atoms with Gasteiger partial charge < -0.3 is 9.64 Å². The van der Waals surface area contributed by atoms with Crippen LogP contribution in [0.5, 0.6) is 5.75 Å². The van der Waals surface area contributed by atoms with E-state index in [9.17, 15) is 4.79 Å². The molecule has 1 aliphatic heterocycles. The van der Waals surface area contributed by atoms with Crippen molar-refractivity contribution in [2.24, 2.45) is 0 Å². The first-order valence-corrected chi connectivity index (χ1v) is 8.35. The highest BCUT2D eigenvalue weighted by Crippen LogP contribution is 2.18. The summed E-state index contributed by atoms with van der Waals surface area (Å²) in [6, 6.07) is 18.2. The van der Waals surface area contributed by atoms with Crippen LogP contribution in [0.15, 0.2) is 54.6 Å². The summed E-state index contributed by atoms with van der Waals surface area (Å²) in [5, 5.41) is 0. The highest BCUT2D eigenvalue weighted by molar-refractivity contribution is 5.76. The lowest BCUT2D eigenvalue weighted by Gasteiger charge is -2.20. The van der Waals surface area contributed by atoms with Gasteiger partial charge in [0.2, 0.25) is 5.91 Å². The van der Waals surface area contributed by atoms with Crippen LogP contribution in [0.3, 0.4) is 0 Å². The molecule has 1 heterocycles. The van der Waals surface area contributed by atoms with Crippen molar-refractivity contribution in [1.29, 1.82) is 0 Å². The molecule has 3 rings (SSSR count). The number of nitrogens with zero attached hydrogens (tertiary/aromatic N) is 1. The predicted molar refractivity (Wildman–Crippen MR) is 91.1 cm³/mol. The van der Waals surface area contributed by atoms with E-state index in [1.807, 2.05) is 35.2 Å². The third-order valence-corrected chi connectivity index (χ3v) is 4.22. The molecule has 23 heavy (non-hydrogen) atoms. The molecule has 1 fully saturated rings. The Morgan fingerprint density at radius 2 is 1.65 bits per heavy atom. The molecule has 0 N–H and O–H groups in total. The third kappa shape index (κ3) is 4.59. The molecule has 1 amide bonds. The number of benzene rings is 2. The summed E-state index contributed by atoms with van der Waals surface area (Å²) < 4.78 is 5.80. The molecule has 120 valence electrons. The second-order valence-electron chi connectivity index (χ2n) is 6.04. The van der Waals surface area contributed by atoms with Crippen molar-refractivity contribution in [3.8, 4) is 5.75 Å². The molecule has 1 saturated heterocycles. The van der Waals surface area contributed by atoms with Crippen molar-refractivity contribution in [2.75, 3.05) is 6.54 Å². The van der Waals surface area contributed by atoms with Gasteiger partial charge in [0.05, 0.1) is 0 Å². The van der Waals surface area contributed by atoms with Crippen molar-refractivity contribution in [3.05, 3.63) is 65.7 Å². The van der Waals surface area contributed by atoms with E-state index in [1.54, 1.807) is 0 Å². The van der Waals surface area contributed by atoms with E-state index < -0.39 is 0 Å². The summed E-state index contributed by atoms with van der Waals surface area (Å²) >= 11 is 0. The molecule has 3 nitrogen and oxygen atoms in total. The number of hydrogen-bond acceptors (Lipinski definition) is 2. The lowest BCUT2D eigenvalue weighted by atomic mass is 10.2. The molecule has 0 aromatic heterocycles. The Kier molecular flexibility index (Phi) is 5.30. The number of rotatable bonds is 5. The standard InChI is InChI=1S/C20H23NO2/c22-20-9-5-2-6-14-21(20)15-17-10-12-19(13-11-17)23-16-18-7-3-1-4-8-18/h1,3-4,7-8,10-13H,2,5-6,9,14-16H2. The van der Waals surface area contributed by atoms with Gasteiger partial charge in [0.15, 0.2) is 0 Å². The number of ether oxygens (including phenoxy) is 1. The van der Waals surface area contributed by atoms with Crippen LogP contribution in [-0.2, 0) is 17.9 Å². The minimum absolute atomic E-state index is 0.284. The van der Waals surface area contributed by atoms with E-state index in [0.717, 1.165) is 42.7 Å². The average Bonchev–Trinajstić information content (AvgIpc) is 2.80. The van der Waals surface area contributed by atoms with Crippen LogP contribution < -0.4 is 4.74 Å². The SMILES string of the molecule is O=C1CCCCCN1Cc1ccc(OCc2ccccc2)cc1. The van der Waals surface area contributed by atoms with E-state index in [0.29, 0.717) is 19.6 Å². The third-order valence-electron chi connectivity index (χ3n) is 4.22. The minimum atomic E-state index is 0.284. The molecule has 2 aromatic rings. The Bertz CT molecular complexity index is 622. The predicted octanol–water partition coefficient (Wildman–Crippen LogP) is 4.17. The van der Waals surface area contributed by atoms with Gasteiger partial charge in [-0.15, -0.1) is 0 Å². The normalized spacial score (nSPS) is 15.3. The Hall–Kier alpha value is -2.29. The van der Waals surface area contributed by atoms with Gasteiger partial charge >= 0.3 is 0 Å². The maximum Gasteiger partial charge on any atom is 0.222 e. The molecule has 0 unspecified atom stereocenters. The zero-order valence-electron chi connectivity index (χ0n) is 13.4. The van der Waals surface area contributed by atoms with Crippen molar-refractivity contribution < 1.29 is 9.53 Å². The van der Waals surface area contributed by atoms with Gasteiger partial charge in [-0.2, -0.15) is 0 Å². The van der Waals surface area contributed by atoms with Gasteiger partial charge in [-0.05, 0) is 36.1 Å². The first-order chi connectivity index (χ1) is 11.3.